The Bertz CT molecular complexity index is 402. The van der Waals surface area contributed by atoms with Gasteiger partial charge in [-0.05, 0) is 46.0 Å². The molecule has 0 bridgehead atoms. The van der Waals surface area contributed by atoms with E-state index >= 15 is 0 Å². The Labute approximate surface area is 127 Å². The van der Waals surface area contributed by atoms with Crippen molar-refractivity contribution in [3.63, 3.8) is 0 Å². The maximum absolute atomic E-state index is 12.7. The monoisotopic (exact) mass is 296 g/mol. The molecule has 0 amide bonds. The summed E-state index contributed by atoms with van der Waals surface area (Å²) in [6.45, 7) is 9.30. The number of carbonyl (C=O) groups excluding carboxylic acids is 2. The lowest BCUT2D eigenvalue weighted by Gasteiger charge is -2.28. The highest BCUT2D eigenvalue weighted by atomic mass is 16.6. The molecular formula is C17H28O4. The number of hydrogen-bond donors (Lipinski definition) is 1. The highest BCUT2D eigenvalue weighted by Gasteiger charge is 2.40. The molecule has 0 saturated heterocycles. The third-order valence-electron chi connectivity index (χ3n) is 3.88. The number of ether oxygens (including phenoxy) is 1. The number of hydrogen-bond acceptors (Lipinski definition) is 4. The Hall–Kier alpha value is -1.16. The zero-order chi connectivity index (χ0) is 16.2. The maximum Gasteiger partial charge on any atom is 0.317 e. The molecule has 120 valence electrons. The number of aliphatic hydroxyl groups is 1. The van der Waals surface area contributed by atoms with E-state index in [1.165, 1.54) is 0 Å². The van der Waals surface area contributed by atoms with E-state index in [9.17, 15) is 14.7 Å². The highest BCUT2D eigenvalue weighted by Crippen LogP contribution is 2.31. The van der Waals surface area contributed by atoms with Gasteiger partial charge in [-0.1, -0.05) is 26.0 Å². The summed E-state index contributed by atoms with van der Waals surface area (Å²) in [5, 5.41) is 9.65. The summed E-state index contributed by atoms with van der Waals surface area (Å²) in [6.07, 6.45) is 4.70. The normalized spacial score (nSPS) is 23.4. The molecule has 0 aliphatic heterocycles. The molecule has 0 fully saturated rings. The van der Waals surface area contributed by atoms with Crippen molar-refractivity contribution in [2.75, 3.05) is 0 Å². The first-order chi connectivity index (χ1) is 9.69. The van der Waals surface area contributed by atoms with Crippen molar-refractivity contribution in [2.45, 2.75) is 65.6 Å². The van der Waals surface area contributed by atoms with Crippen LogP contribution in [0.4, 0.5) is 0 Å². The van der Waals surface area contributed by atoms with Gasteiger partial charge in [0, 0.05) is 5.92 Å². The van der Waals surface area contributed by atoms with E-state index in [4.69, 9.17) is 4.74 Å². The molecule has 0 heterocycles. The van der Waals surface area contributed by atoms with Crippen molar-refractivity contribution in [3.8, 4) is 0 Å². The SMILES string of the molecule is CCC(CC)C(=O)C(C(=O)OC(C)(C)C)[C@H]1C=C[C@@H](O)C1. The van der Waals surface area contributed by atoms with Gasteiger partial charge < -0.3 is 9.84 Å². The first-order valence-corrected chi connectivity index (χ1v) is 7.82. The number of aliphatic hydroxyl groups excluding tert-OH is 1. The van der Waals surface area contributed by atoms with E-state index in [-0.39, 0.29) is 17.6 Å². The topological polar surface area (TPSA) is 63.6 Å². The molecule has 4 heteroatoms. The standard InChI is InChI=1S/C17H28O4/c1-6-11(7-2)15(19)14(12-8-9-13(18)10-12)16(20)21-17(3,4)5/h8-9,11-14,18H,6-7,10H2,1-5H3/t12-,13+,14?/m0/s1. The van der Waals surface area contributed by atoms with Crippen molar-refractivity contribution in [2.24, 2.45) is 17.8 Å². The summed E-state index contributed by atoms with van der Waals surface area (Å²) in [4.78, 5) is 25.2. The number of allylic oxidation sites excluding steroid dienone is 1. The summed E-state index contributed by atoms with van der Waals surface area (Å²) in [7, 11) is 0. The van der Waals surface area contributed by atoms with Crippen molar-refractivity contribution >= 4 is 11.8 Å². The van der Waals surface area contributed by atoms with E-state index < -0.39 is 23.6 Å². The van der Waals surface area contributed by atoms with Gasteiger partial charge in [-0.15, -0.1) is 0 Å². The Morgan fingerprint density at radius 1 is 1.24 bits per heavy atom. The third kappa shape index (κ3) is 4.95. The van der Waals surface area contributed by atoms with Crippen LogP contribution >= 0.6 is 0 Å². The van der Waals surface area contributed by atoms with Gasteiger partial charge in [0.2, 0.25) is 0 Å². The highest BCUT2D eigenvalue weighted by molar-refractivity contribution is 6.00. The van der Waals surface area contributed by atoms with Crippen LogP contribution in [0.2, 0.25) is 0 Å². The van der Waals surface area contributed by atoms with Gasteiger partial charge in [-0.3, -0.25) is 9.59 Å². The fourth-order valence-corrected chi connectivity index (χ4v) is 2.77. The van der Waals surface area contributed by atoms with Crippen LogP contribution in [0, 0.1) is 17.8 Å². The van der Waals surface area contributed by atoms with Crippen LogP contribution in [0.3, 0.4) is 0 Å². The lowest BCUT2D eigenvalue weighted by Crippen LogP contribution is -2.39. The number of rotatable bonds is 6. The first kappa shape index (κ1) is 17.9. The summed E-state index contributed by atoms with van der Waals surface area (Å²) in [5.41, 5.74) is -0.621. The predicted molar refractivity (Wildman–Crippen MR) is 81.7 cm³/mol. The van der Waals surface area contributed by atoms with Crippen molar-refractivity contribution in [3.05, 3.63) is 12.2 Å². The Morgan fingerprint density at radius 3 is 2.19 bits per heavy atom. The molecule has 0 aromatic carbocycles. The zero-order valence-electron chi connectivity index (χ0n) is 13.8. The average molecular weight is 296 g/mol. The molecule has 1 N–H and O–H groups in total. The second-order valence-electron chi connectivity index (χ2n) is 6.78. The quantitative estimate of drug-likeness (QED) is 0.465. The van der Waals surface area contributed by atoms with Gasteiger partial charge in [-0.2, -0.15) is 0 Å². The van der Waals surface area contributed by atoms with E-state index in [1.54, 1.807) is 32.9 Å². The van der Waals surface area contributed by atoms with E-state index in [1.807, 2.05) is 13.8 Å². The molecule has 1 rings (SSSR count). The van der Waals surface area contributed by atoms with E-state index in [0.717, 1.165) is 0 Å². The number of Topliss-reactive ketones (excluding diaryl/α,β-unsaturated/α-hetero) is 1. The van der Waals surface area contributed by atoms with Crippen LogP contribution in [0.15, 0.2) is 12.2 Å². The minimum Gasteiger partial charge on any atom is -0.459 e. The van der Waals surface area contributed by atoms with Gasteiger partial charge >= 0.3 is 5.97 Å². The van der Waals surface area contributed by atoms with Gasteiger partial charge in [0.25, 0.3) is 0 Å². The molecule has 1 aliphatic carbocycles. The smallest absolute Gasteiger partial charge is 0.317 e. The molecule has 0 spiro atoms. The second kappa shape index (κ2) is 7.21. The fourth-order valence-electron chi connectivity index (χ4n) is 2.77. The molecule has 0 aromatic heterocycles. The van der Waals surface area contributed by atoms with Crippen LogP contribution < -0.4 is 0 Å². The van der Waals surface area contributed by atoms with Crippen molar-refractivity contribution in [1.82, 2.24) is 0 Å². The molecule has 3 atom stereocenters. The maximum atomic E-state index is 12.7. The Morgan fingerprint density at radius 2 is 1.81 bits per heavy atom. The number of esters is 1. The molecule has 21 heavy (non-hydrogen) atoms. The largest absolute Gasteiger partial charge is 0.459 e. The number of ketones is 1. The van der Waals surface area contributed by atoms with Gasteiger partial charge in [0.1, 0.15) is 11.5 Å². The summed E-state index contributed by atoms with van der Waals surface area (Å²) >= 11 is 0. The van der Waals surface area contributed by atoms with Crippen LogP contribution in [0.1, 0.15) is 53.9 Å². The van der Waals surface area contributed by atoms with Crippen molar-refractivity contribution in [1.29, 1.82) is 0 Å². The molecule has 0 radical (unpaired) electrons. The van der Waals surface area contributed by atoms with Gasteiger partial charge in [-0.25, -0.2) is 0 Å². The Kier molecular flexibility index (Phi) is 6.14. The minimum atomic E-state index is -0.803. The molecule has 1 aliphatic rings. The lowest BCUT2D eigenvalue weighted by atomic mass is 9.80. The predicted octanol–water partition coefficient (Wildman–Crippen LogP) is 2.89. The summed E-state index contributed by atoms with van der Waals surface area (Å²) in [6, 6.07) is 0. The zero-order valence-corrected chi connectivity index (χ0v) is 13.8. The second-order valence-corrected chi connectivity index (χ2v) is 6.78. The number of carbonyl (C=O) groups is 2. The molecule has 0 saturated carbocycles. The van der Waals surface area contributed by atoms with Gasteiger partial charge in [0.15, 0.2) is 5.78 Å². The van der Waals surface area contributed by atoms with Crippen LogP contribution in [0.5, 0.6) is 0 Å². The average Bonchev–Trinajstić information content (AvgIpc) is 2.75. The molecule has 1 unspecified atom stereocenters. The lowest BCUT2D eigenvalue weighted by molar-refractivity contribution is -0.164. The third-order valence-corrected chi connectivity index (χ3v) is 3.88. The fraction of sp³-hybridized carbons (Fsp3) is 0.765. The van der Waals surface area contributed by atoms with Crippen molar-refractivity contribution < 1.29 is 19.4 Å². The van der Waals surface area contributed by atoms with E-state index in [2.05, 4.69) is 0 Å². The molecular weight excluding hydrogens is 268 g/mol. The minimum absolute atomic E-state index is 0.0574. The summed E-state index contributed by atoms with van der Waals surface area (Å²) < 4.78 is 5.43. The van der Waals surface area contributed by atoms with Gasteiger partial charge in [0.05, 0.1) is 6.10 Å². The molecule has 4 nitrogen and oxygen atoms in total. The summed E-state index contributed by atoms with van der Waals surface area (Å²) in [5.74, 6) is -1.72. The first-order valence-electron chi connectivity index (χ1n) is 7.82. The van der Waals surface area contributed by atoms with E-state index in [0.29, 0.717) is 19.3 Å². The molecule has 0 aromatic rings. The van der Waals surface area contributed by atoms with Crippen LogP contribution in [-0.4, -0.2) is 28.6 Å². The van der Waals surface area contributed by atoms with Crippen LogP contribution in [0.25, 0.3) is 0 Å². The Balaban J connectivity index is 2.97. The van der Waals surface area contributed by atoms with Crippen LogP contribution in [-0.2, 0) is 14.3 Å².